The van der Waals surface area contributed by atoms with Crippen molar-refractivity contribution in [3.05, 3.63) is 78.4 Å². The number of phenolic OH excluding ortho intramolecular Hbond substituents is 1. The van der Waals surface area contributed by atoms with Crippen molar-refractivity contribution in [2.45, 2.75) is 0 Å². The first kappa shape index (κ1) is 17.5. The summed E-state index contributed by atoms with van der Waals surface area (Å²) in [5.74, 6) is 0.709. The summed E-state index contributed by atoms with van der Waals surface area (Å²) in [6.07, 6.45) is 0. The van der Waals surface area contributed by atoms with Crippen molar-refractivity contribution in [3.8, 4) is 17.0 Å². The average molecular weight is 370 g/mol. The normalized spacial score (nSPS) is 10.6. The fourth-order valence-corrected chi connectivity index (χ4v) is 3.01. The van der Waals surface area contributed by atoms with Gasteiger partial charge in [0.15, 0.2) is 5.82 Å². The summed E-state index contributed by atoms with van der Waals surface area (Å²) in [4.78, 5) is 11.7. The lowest BCUT2D eigenvalue weighted by atomic mass is 10.0. The standard InChI is InChI=1S/C22H18N4O2/c1-23-22(28)15-6-10-16(11-7-15)24-21-19-5-3-2-4-18(19)20(25-26-21)14-8-12-17(27)13-9-14/h2-13,27H,1H3,(H,23,28)(H,24,26). The number of phenols is 1. The second kappa shape index (κ2) is 7.36. The molecule has 0 saturated heterocycles. The molecule has 3 aromatic carbocycles. The first-order chi connectivity index (χ1) is 13.7. The maximum atomic E-state index is 11.7. The molecule has 0 saturated carbocycles. The molecule has 0 aliphatic carbocycles. The van der Waals surface area contributed by atoms with Gasteiger partial charge in [-0.05, 0) is 48.5 Å². The van der Waals surface area contributed by atoms with Crippen molar-refractivity contribution in [2.24, 2.45) is 0 Å². The number of aromatic hydroxyl groups is 1. The predicted molar refractivity (Wildman–Crippen MR) is 110 cm³/mol. The molecule has 0 aliphatic heterocycles. The molecule has 0 unspecified atom stereocenters. The van der Waals surface area contributed by atoms with Crippen molar-refractivity contribution in [1.29, 1.82) is 0 Å². The maximum absolute atomic E-state index is 11.7. The Kier molecular flexibility index (Phi) is 4.60. The highest BCUT2D eigenvalue weighted by Crippen LogP contribution is 2.31. The summed E-state index contributed by atoms with van der Waals surface area (Å²) in [6, 6.07) is 21.9. The number of aromatic nitrogens is 2. The van der Waals surface area contributed by atoms with E-state index in [1.165, 1.54) is 0 Å². The molecule has 1 heterocycles. The highest BCUT2D eigenvalue weighted by molar-refractivity contribution is 6.01. The number of nitrogens with one attached hydrogen (secondary N) is 2. The van der Waals surface area contributed by atoms with Crippen LogP contribution in [0.25, 0.3) is 22.0 Å². The van der Waals surface area contributed by atoms with Gasteiger partial charge in [-0.2, -0.15) is 0 Å². The number of benzene rings is 3. The number of rotatable bonds is 4. The van der Waals surface area contributed by atoms with E-state index in [0.717, 1.165) is 27.7 Å². The summed E-state index contributed by atoms with van der Waals surface area (Å²) in [6.45, 7) is 0. The summed E-state index contributed by atoms with van der Waals surface area (Å²) >= 11 is 0. The van der Waals surface area contributed by atoms with Gasteiger partial charge in [-0.1, -0.05) is 24.3 Å². The first-order valence-electron chi connectivity index (χ1n) is 8.80. The minimum Gasteiger partial charge on any atom is -0.508 e. The van der Waals surface area contributed by atoms with Crippen LogP contribution in [0, 0.1) is 0 Å². The molecule has 138 valence electrons. The Hall–Kier alpha value is -3.93. The molecule has 1 amide bonds. The third-order valence-corrected chi connectivity index (χ3v) is 4.46. The van der Waals surface area contributed by atoms with Crippen LogP contribution in [-0.2, 0) is 0 Å². The van der Waals surface area contributed by atoms with Gasteiger partial charge in [0.2, 0.25) is 0 Å². The van der Waals surface area contributed by atoms with E-state index in [9.17, 15) is 9.90 Å². The molecular formula is C22H18N4O2. The van der Waals surface area contributed by atoms with Crippen LogP contribution < -0.4 is 10.6 Å². The molecular weight excluding hydrogens is 352 g/mol. The molecule has 6 nitrogen and oxygen atoms in total. The van der Waals surface area contributed by atoms with Crippen LogP contribution in [0.4, 0.5) is 11.5 Å². The SMILES string of the molecule is CNC(=O)c1ccc(Nc2nnc(-c3ccc(O)cc3)c3ccccc23)cc1. The van der Waals surface area contributed by atoms with E-state index in [-0.39, 0.29) is 11.7 Å². The summed E-state index contributed by atoms with van der Waals surface area (Å²) < 4.78 is 0. The number of nitrogens with zero attached hydrogens (tertiary/aromatic N) is 2. The molecule has 4 aromatic rings. The Morgan fingerprint density at radius 3 is 2.21 bits per heavy atom. The zero-order valence-corrected chi connectivity index (χ0v) is 15.2. The van der Waals surface area contributed by atoms with Crippen LogP contribution in [0.2, 0.25) is 0 Å². The van der Waals surface area contributed by atoms with Gasteiger partial charge in [0.05, 0.1) is 0 Å². The first-order valence-corrected chi connectivity index (χ1v) is 8.80. The molecule has 28 heavy (non-hydrogen) atoms. The number of hydrogen-bond donors (Lipinski definition) is 3. The van der Waals surface area contributed by atoms with Gasteiger partial charge < -0.3 is 15.7 Å². The van der Waals surface area contributed by atoms with Crippen LogP contribution in [0.1, 0.15) is 10.4 Å². The van der Waals surface area contributed by atoms with Crippen LogP contribution in [0.15, 0.2) is 72.8 Å². The smallest absolute Gasteiger partial charge is 0.251 e. The zero-order chi connectivity index (χ0) is 19.5. The van der Waals surface area contributed by atoms with Crippen LogP contribution >= 0.6 is 0 Å². The van der Waals surface area contributed by atoms with Gasteiger partial charge in [0.25, 0.3) is 5.91 Å². The lowest BCUT2D eigenvalue weighted by molar-refractivity contribution is 0.0963. The van der Waals surface area contributed by atoms with E-state index in [2.05, 4.69) is 20.8 Å². The Labute approximate surface area is 161 Å². The Bertz CT molecular complexity index is 1140. The predicted octanol–water partition coefficient (Wildman–Crippen LogP) is 4.11. The maximum Gasteiger partial charge on any atom is 0.251 e. The van der Waals surface area contributed by atoms with E-state index in [1.54, 1.807) is 31.3 Å². The molecule has 1 aromatic heterocycles. The summed E-state index contributed by atoms with van der Waals surface area (Å²) in [5, 5.41) is 26.1. The van der Waals surface area contributed by atoms with Gasteiger partial charge >= 0.3 is 0 Å². The number of carbonyl (C=O) groups is 1. The second-order valence-electron chi connectivity index (χ2n) is 6.27. The third kappa shape index (κ3) is 3.35. The van der Waals surface area contributed by atoms with Crippen molar-refractivity contribution in [1.82, 2.24) is 15.5 Å². The fourth-order valence-electron chi connectivity index (χ4n) is 3.01. The second-order valence-corrected chi connectivity index (χ2v) is 6.27. The number of anilines is 2. The molecule has 0 radical (unpaired) electrons. The number of hydrogen-bond acceptors (Lipinski definition) is 5. The Morgan fingerprint density at radius 2 is 1.54 bits per heavy atom. The minimum absolute atomic E-state index is 0.130. The average Bonchev–Trinajstić information content (AvgIpc) is 2.75. The molecule has 0 aliphatic rings. The van der Waals surface area contributed by atoms with Crippen molar-refractivity contribution in [3.63, 3.8) is 0 Å². The summed E-state index contributed by atoms with van der Waals surface area (Å²) in [5.41, 5.74) is 3.02. The molecule has 0 bridgehead atoms. The van der Waals surface area contributed by atoms with E-state index in [1.807, 2.05) is 48.5 Å². The molecule has 0 atom stereocenters. The van der Waals surface area contributed by atoms with Gasteiger partial charge in [0.1, 0.15) is 11.4 Å². The molecule has 4 rings (SSSR count). The van der Waals surface area contributed by atoms with Gasteiger partial charge in [-0.25, -0.2) is 0 Å². The van der Waals surface area contributed by atoms with Crippen LogP contribution in [-0.4, -0.2) is 28.3 Å². The minimum atomic E-state index is -0.130. The molecule has 0 fully saturated rings. The largest absolute Gasteiger partial charge is 0.508 e. The van der Waals surface area contributed by atoms with Gasteiger partial charge in [0, 0.05) is 34.6 Å². The number of amides is 1. The molecule has 3 N–H and O–H groups in total. The van der Waals surface area contributed by atoms with Gasteiger partial charge in [-0.3, -0.25) is 4.79 Å². The Morgan fingerprint density at radius 1 is 0.857 bits per heavy atom. The fraction of sp³-hybridized carbons (Fsp3) is 0.0455. The third-order valence-electron chi connectivity index (χ3n) is 4.46. The van der Waals surface area contributed by atoms with Crippen molar-refractivity contribution >= 4 is 28.2 Å². The lowest BCUT2D eigenvalue weighted by Crippen LogP contribution is -2.17. The van der Waals surface area contributed by atoms with Crippen LogP contribution in [0.5, 0.6) is 5.75 Å². The van der Waals surface area contributed by atoms with Crippen molar-refractivity contribution in [2.75, 3.05) is 12.4 Å². The van der Waals surface area contributed by atoms with Crippen molar-refractivity contribution < 1.29 is 9.90 Å². The molecule has 6 heteroatoms. The van der Waals surface area contributed by atoms with Gasteiger partial charge in [-0.15, -0.1) is 10.2 Å². The van der Waals surface area contributed by atoms with E-state index < -0.39 is 0 Å². The Balaban J connectivity index is 1.72. The lowest BCUT2D eigenvalue weighted by Gasteiger charge is -2.11. The van der Waals surface area contributed by atoms with Crippen LogP contribution in [0.3, 0.4) is 0 Å². The van der Waals surface area contributed by atoms with E-state index >= 15 is 0 Å². The number of carbonyl (C=O) groups excluding carboxylic acids is 1. The topological polar surface area (TPSA) is 87.1 Å². The highest BCUT2D eigenvalue weighted by atomic mass is 16.3. The zero-order valence-electron chi connectivity index (χ0n) is 15.2. The molecule has 0 spiro atoms. The quantitative estimate of drug-likeness (QED) is 0.503. The van der Waals surface area contributed by atoms with E-state index in [0.29, 0.717) is 11.4 Å². The number of fused-ring (bicyclic) bond motifs is 1. The van der Waals surface area contributed by atoms with E-state index in [4.69, 9.17) is 0 Å². The summed E-state index contributed by atoms with van der Waals surface area (Å²) in [7, 11) is 1.60. The monoisotopic (exact) mass is 370 g/mol. The highest BCUT2D eigenvalue weighted by Gasteiger charge is 2.11.